The van der Waals surface area contributed by atoms with E-state index in [-0.39, 0.29) is 24.3 Å². The number of benzene rings is 2. The SMILES string of the molecule is CC1(C)OCc2cc([C@@H]3CN(CCCCCCOCCOCc4ccccc4NC(=O)NC4CCCCC4)C(=O)O3)ccc2O1. The second-order valence-electron chi connectivity index (χ2n) is 12.6. The molecule has 1 aliphatic carbocycles. The summed E-state index contributed by atoms with van der Waals surface area (Å²) in [5.74, 6) is 0.185. The van der Waals surface area contributed by atoms with Crippen LogP contribution in [0.1, 0.15) is 94.4 Å². The Labute approximate surface area is 267 Å². The number of carbonyl (C=O) groups excluding carboxylic acids is 2. The number of rotatable bonds is 15. The Balaban J connectivity index is 0.894. The van der Waals surface area contributed by atoms with Gasteiger partial charge in [0.1, 0.15) is 11.9 Å². The number of carbonyl (C=O) groups is 2. The Bertz CT molecular complexity index is 1260. The fraction of sp³-hybridized carbons (Fsp3) is 0.600. The van der Waals surface area contributed by atoms with Gasteiger partial charge in [-0.2, -0.15) is 0 Å². The maximum Gasteiger partial charge on any atom is 0.410 e. The van der Waals surface area contributed by atoms with Crippen LogP contribution in [0.25, 0.3) is 0 Å². The molecule has 10 heteroatoms. The van der Waals surface area contributed by atoms with E-state index < -0.39 is 5.79 Å². The van der Waals surface area contributed by atoms with Gasteiger partial charge in [-0.1, -0.05) is 56.4 Å². The van der Waals surface area contributed by atoms with E-state index in [1.807, 2.05) is 56.3 Å². The first kappa shape index (κ1) is 33.0. The normalized spacial score (nSPS) is 19.5. The van der Waals surface area contributed by atoms with Gasteiger partial charge in [0.25, 0.3) is 0 Å². The van der Waals surface area contributed by atoms with Crippen molar-refractivity contribution in [3.8, 4) is 5.75 Å². The van der Waals surface area contributed by atoms with Crippen molar-refractivity contribution < 1.29 is 33.3 Å². The molecular weight excluding hydrogens is 574 g/mol. The van der Waals surface area contributed by atoms with Crippen LogP contribution in [0.15, 0.2) is 42.5 Å². The van der Waals surface area contributed by atoms with E-state index in [2.05, 4.69) is 10.6 Å². The number of ether oxygens (including phenoxy) is 5. The van der Waals surface area contributed by atoms with E-state index in [0.717, 1.165) is 66.7 Å². The summed E-state index contributed by atoms with van der Waals surface area (Å²) in [5, 5.41) is 6.08. The number of nitrogens with zero attached hydrogens (tertiary/aromatic N) is 1. The second-order valence-corrected chi connectivity index (χ2v) is 12.6. The van der Waals surface area contributed by atoms with Crippen LogP contribution >= 0.6 is 0 Å². The number of fused-ring (bicyclic) bond motifs is 1. The number of cyclic esters (lactones) is 1. The molecule has 2 heterocycles. The highest BCUT2D eigenvalue weighted by Crippen LogP contribution is 2.35. The standard InChI is InChI=1S/C35H49N3O7/c1-35(2)43-25-28-22-26(16-17-31(28)45-35)32-23-38(34(40)44-32)18-10-3-4-11-19-41-20-21-42-24-27-12-8-9-15-30(27)37-33(39)36-29-13-6-5-7-14-29/h8-9,12,15-17,22,29,32H,3-7,10-11,13-14,18-21,23-25H2,1-2H3,(H2,36,37,39)/t32-/m0/s1. The molecular formula is C35H49N3O7. The second kappa shape index (κ2) is 16.3. The van der Waals surface area contributed by atoms with E-state index in [1.54, 1.807) is 4.90 Å². The van der Waals surface area contributed by atoms with E-state index in [9.17, 15) is 9.59 Å². The van der Waals surface area contributed by atoms with Crippen molar-refractivity contribution in [1.29, 1.82) is 0 Å². The van der Waals surface area contributed by atoms with Crippen molar-refractivity contribution in [1.82, 2.24) is 10.2 Å². The van der Waals surface area contributed by atoms with Gasteiger partial charge < -0.3 is 39.2 Å². The number of urea groups is 1. The van der Waals surface area contributed by atoms with E-state index in [1.165, 1.54) is 19.3 Å². The van der Waals surface area contributed by atoms with Crippen LogP contribution in [0.3, 0.4) is 0 Å². The lowest BCUT2D eigenvalue weighted by Crippen LogP contribution is -2.39. The largest absolute Gasteiger partial charge is 0.463 e. The Hall–Kier alpha value is -3.34. The molecule has 1 saturated heterocycles. The summed E-state index contributed by atoms with van der Waals surface area (Å²) in [7, 11) is 0. The van der Waals surface area contributed by atoms with Crippen molar-refractivity contribution >= 4 is 17.8 Å². The van der Waals surface area contributed by atoms with Gasteiger partial charge >= 0.3 is 12.1 Å². The molecule has 0 radical (unpaired) electrons. The number of hydrogen-bond acceptors (Lipinski definition) is 7. The van der Waals surface area contributed by atoms with Crippen molar-refractivity contribution in [2.75, 3.05) is 38.2 Å². The van der Waals surface area contributed by atoms with Gasteiger partial charge in [0.2, 0.25) is 5.79 Å². The number of para-hydroxylation sites is 1. The minimum atomic E-state index is -0.632. The summed E-state index contributed by atoms with van der Waals surface area (Å²) in [6.45, 7) is 7.62. The zero-order valence-corrected chi connectivity index (χ0v) is 26.8. The smallest absolute Gasteiger partial charge is 0.410 e. The molecule has 3 amide bonds. The average Bonchev–Trinajstić information content (AvgIpc) is 3.40. The van der Waals surface area contributed by atoms with Crippen LogP contribution in [0, 0.1) is 0 Å². The van der Waals surface area contributed by atoms with Crippen LogP contribution in [0.5, 0.6) is 5.75 Å². The van der Waals surface area contributed by atoms with Gasteiger partial charge in [-0.25, -0.2) is 9.59 Å². The number of unbranched alkanes of at least 4 members (excludes halogenated alkanes) is 3. The number of anilines is 1. The number of amides is 3. The maximum absolute atomic E-state index is 12.5. The molecule has 1 atom stereocenters. The first-order chi connectivity index (χ1) is 21.9. The van der Waals surface area contributed by atoms with Crippen LogP contribution in [-0.2, 0) is 32.2 Å². The average molecular weight is 624 g/mol. The summed E-state index contributed by atoms with van der Waals surface area (Å²) >= 11 is 0. The molecule has 0 spiro atoms. The topological polar surface area (TPSA) is 108 Å². The molecule has 1 saturated carbocycles. The Morgan fingerprint density at radius 2 is 1.78 bits per heavy atom. The lowest BCUT2D eigenvalue weighted by atomic mass is 9.96. The molecule has 0 bridgehead atoms. The quantitative estimate of drug-likeness (QED) is 0.204. The molecule has 10 nitrogen and oxygen atoms in total. The minimum absolute atomic E-state index is 0.150. The summed E-state index contributed by atoms with van der Waals surface area (Å²) in [4.78, 5) is 26.7. The van der Waals surface area contributed by atoms with Crippen LogP contribution < -0.4 is 15.4 Å². The van der Waals surface area contributed by atoms with Gasteiger partial charge in [0, 0.05) is 49.9 Å². The molecule has 45 heavy (non-hydrogen) atoms. The predicted octanol–water partition coefficient (Wildman–Crippen LogP) is 7.07. The lowest BCUT2D eigenvalue weighted by molar-refractivity contribution is -0.180. The molecule has 2 aliphatic heterocycles. The fourth-order valence-electron chi connectivity index (χ4n) is 6.04. The molecule has 0 aromatic heterocycles. The molecule has 2 N–H and O–H groups in total. The first-order valence-electron chi connectivity index (χ1n) is 16.6. The van der Waals surface area contributed by atoms with Crippen molar-refractivity contribution in [2.45, 2.75) is 103 Å². The molecule has 0 unspecified atom stereocenters. The Kier molecular flexibility index (Phi) is 12.0. The van der Waals surface area contributed by atoms with E-state index >= 15 is 0 Å². The predicted molar refractivity (Wildman–Crippen MR) is 171 cm³/mol. The van der Waals surface area contributed by atoms with Crippen LogP contribution in [-0.4, -0.2) is 61.8 Å². The van der Waals surface area contributed by atoms with Gasteiger partial charge in [-0.3, -0.25) is 0 Å². The highest BCUT2D eigenvalue weighted by molar-refractivity contribution is 5.90. The van der Waals surface area contributed by atoms with Crippen molar-refractivity contribution in [2.24, 2.45) is 0 Å². The summed E-state index contributed by atoms with van der Waals surface area (Å²) < 4.78 is 28.9. The molecule has 2 aromatic carbocycles. The Morgan fingerprint density at radius 3 is 2.64 bits per heavy atom. The van der Waals surface area contributed by atoms with Crippen LogP contribution in [0.2, 0.25) is 0 Å². The van der Waals surface area contributed by atoms with Gasteiger partial charge in [-0.15, -0.1) is 0 Å². The Morgan fingerprint density at radius 1 is 0.978 bits per heavy atom. The maximum atomic E-state index is 12.5. The van der Waals surface area contributed by atoms with Crippen molar-refractivity contribution in [3.05, 3.63) is 59.2 Å². The van der Waals surface area contributed by atoms with Crippen LogP contribution in [0.4, 0.5) is 15.3 Å². The molecule has 246 valence electrons. The summed E-state index contributed by atoms with van der Waals surface area (Å²) in [6, 6.07) is 13.8. The van der Waals surface area contributed by atoms with Gasteiger partial charge in [0.05, 0.1) is 33.0 Å². The minimum Gasteiger partial charge on any atom is -0.463 e. The number of hydrogen-bond donors (Lipinski definition) is 2. The molecule has 2 fully saturated rings. The molecule has 2 aromatic rings. The third kappa shape index (κ3) is 10.1. The third-order valence-corrected chi connectivity index (χ3v) is 8.58. The lowest BCUT2D eigenvalue weighted by Gasteiger charge is -2.32. The number of nitrogens with one attached hydrogen (secondary N) is 2. The third-order valence-electron chi connectivity index (χ3n) is 8.58. The zero-order valence-electron chi connectivity index (χ0n) is 26.8. The van der Waals surface area contributed by atoms with E-state index in [4.69, 9.17) is 23.7 Å². The summed E-state index contributed by atoms with van der Waals surface area (Å²) in [6.07, 6.45) is 9.15. The van der Waals surface area contributed by atoms with Gasteiger partial charge in [0.15, 0.2) is 0 Å². The monoisotopic (exact) mass is 623 g/mol. The van der Waals surface area contributed by atoms with E-state index in [0.29, 0.717) is 46.1 Å². The highest BCUT2D eigenvalue weighted by Gasteiger charge is 2.33. The first-order valence-corrected chi connectivity index (χ1v) is 16.6. The van der Waals surface area contributed by atoms with Gasteiger partial charge in [-0.05, 0) is 49.4 Å². The zero-order chi connectivity index (χ0) is 31.5. The molecule has 5 rings (SSSR count). The highest BCUT2D eigenvalue weighted by atomic mass is 16.7. The van der Waals surface area contributed by atoms with Crippen molar-refractivity contribution in [3.63, 3.8) is 0 Å². The summed E-state index contributed by atoms with van der Waals surface area (Å²) in [5.41, 5.74) is 3.66. The fourth-order valence-corrected chi connectivity index (χ4v) is 6.04. The molecule has 3 aliphatic rings.